The van der Waals surface area contributed by atoms with Gasteiger partial charge in [-0.15, -0.1) is 0 Å². The second-order valence-corrected chi connectivity index (χ2v) is 5.28. The Morgan fingerprint density at radius 2 is 2.25 bits per heavy atom. The smallest absolute Gasteiger partial charge is 0.254 e. The third kappa shape index (κ3) is 3.95. The molecule has 4 nitrogen and oxygen atoms in total. The highest BCUT2D eigenvalue weighted by Gasteiger charge is 2.16. The van der Waals surface area contributed by atoms with Crippen LogP contribution in [0.15, 0.2) is 51.7 Å². The van der Waals surface area contributed by atoms with Gasteiger partial charge < -0.3 is 14.1 Å². The largest absolute Gasteiger partial charge is 0.472 e. The molecule has 1 amide bonds. The van der Waals surface area contributed by atoms with Gasteiger partial charge >= 0.3 is 0 Å². The predicted octanol–water partition coefficient (Wildman–Crippen LogP) is 3.33. The van der Waals surface area contributed by atoms with Crippen molar-refractivity contribution in [1.29, 1.82) is 0 Å². The van der Waals surface area contributed by atoms with Gasteiger partial charge in [0.05, 0.1) is 19.1 Å². The molecule has 0 atom stereocenters. The van der Waals surface area contributed by atoms with Crippen molar-refractivity contribution in [2.45, 2.75) is 6.54 Å². The van der Waals surface area contributed by atoms with Crippen LogP contribution in [0.4, 0.5) is 0 Å². The number of methoxy groups -OCH3 is 1. The molecule has 0 unspecified atom stereocenters. The number of nitrogens with zero attached hydrogens (tertiary/aromatic N) is 1. The Balaban J connectivity index is 2.14. The summed E-state index contributed by atoms with van der Waals surface area (Å²) < 4.78 is 11.0. The molecule has 0 bridgehead atoms. The Labute approximate surface area is 126 Å². The van der Waals surface area contributed by atoms with Crippen LogP contribution in [0.25, 0.3) is 0 Å². The minimum Gasteiger partial charge on any atom is -0.472 e. The Bertz CT molecular complexity index is 554. The van der Waals surface area contributed by atoms with Gasteiger partial charge in [-0.2, -0.15) is 0 Å². The van der Waals surface area contributed by atoms with E-state index >= 15 is 0 Å². The molecule has 0 fully saturated rings. The molecule has 0 aliphatic carbocycles. The SMILES string of the molecule is COCCN(Cc1ccoc1)C(=O)c1cccc(Br)c1. The highest BCUT2D eigenvalue weighted by molar-refractivity contribution is 9.10. The van der Waals surface area contributed by atoms with Crippen molar-refractivity contribution in [3.63, 3.8) is 0 Å². The monoisotopic (exact) mass is 337 g/mol. The highest BCUT2D eigenvalue weighted by atomic mass is 79.9. The van der Waals surface area contributed by atoms with Crippen molar-refractivity contribution < 1.29 is 13.9 Å². The molecule has 106 valence electrons. The minimum atomic E-state index is -0.0236. The molecule has 0 radical (unpaired) electrons. The number of amides is 1. The van der Waals surface area contributed by atoms with Gasteiger partial charge in [0.15, 0.2) is 0 Å². The van der Waals surface area contributed by atoms with Crippen LogP contribution in [0, 0.1) is 0 Å². The van der Waals surface area contributed by atoms with E-state index in [0.29, 0.717) is 25.3 Å². The molecular weight excluding hydrogens is 322 g/mol. The van der Waals surface area contributed by atoms with E-state index in [9.17, 15) is 4.79 Å². The summed E-state index contributed by atoms with van der Waals surface area (Å²) in [6, 6.07) is 9.23. The standard InChI is InChI=1S/C15H16BrNO3/c1-19-8-6-17(10-12-5-7-20-11-12)15(18)13-3-2-4-14(16)9-13/h2-5,7,9,11H,6,8,10H2,1H3. The van der Waals surface area contributed by atoms with Gasteiger partial charge in [0.2, 0.25) is 0 Å². The van der Waals surface area contributed by atoms with Gasteiger partial charge in [0.25, 0.3) is 5.91 Å². The fourth-order valence-corrected chi connectivity index (χ4v) is 2.26. The van der Waals surface area contributed by atoms with E-state index in [1.165, 1.54) is 0 Å². The molecule has 0 aliphatic rings. The molecule has 2 rings (SSSR count). The summed E-state index contributed by atoms with van der Waals surface area (Å²) in [5.41, 5.74) is 1.61. The average Bonchev–Trinajstić information content (AvgIpc) is 2.95. The second-order valence-electron chi connectivity index (χ2n) is 4.36. The molecule has 0 spiro atoms. The lowest BCUT2D eigenvalue weighted by Crippen LogP contribution is -2.33. The summed E-state index contributed by atoms with van der Waals surface area (Å²) in [4.78, 5) is 14.3. The van der Waals surface area contributed by atoms with Crippen molar-refractivity contribution >= 4 is 21.8 Å². The maximum atomic E-state index is 12.5. The Hall–Kier alpha value is -1.59. The van der Waals surface area contributed by atoms with E-state index < -0.39 is 0 Å². The summed E-state index contributed by atoms with van der Waals surface area (Å²) in [5.74, 6) is -0.0236. The Morgan fingerprint density at radius 1 is 1.40 bits per heavy atom. The first-order chi connectivity index (χ1) is 9.70. The topological polar surface area (TPSA) is 42.7 Å². The van der Waals surface area contributed by atoms with Crippen LogP contribution in [0.3, 0.4) is 0 Å². The summed E-state index contributed by atoms with van der Waals surface area (Å²) >= 11 is 3.38. The summed E-state index contributed by atoms with van der Waals surface area (Å²) in [5, 5.41) is 0. The first-order valence-corrected chi connectivity index (χ1v) is 7.05. The third-order valence-corrected chi connectivity index (χ3v) is 3.37. The second kappa shape index (κ2) is 7.26. The molecule has 1 aromatic carbocycles. The van der Waals surface area contributed by atoms with Crippen LogP contribution < -0.4 is 0 Å². The van der Waals surface area contributed by atoms with Gasteiger partial charge in [-0.1, -0.05) is 22.0 Å². The maximum absolute atomic E-state index is 12.5. The number of hydrogen-bond donors (Lipinski definition) is 0. The molecule has 1 aromatic heterocycles. The van der Waals surface area contributed by atoms with E-state index in [1.54, 1.807) is 24.5 Å². The van der Waals surface area contributed by atoms with Crippen LogP contribution in [-0.4, -0.2) is 31.1 Å². The van der Waals surface area contributed by atoms with Crippen LogP contribution in [0.1, 0.15) is 15.9 Å². The van der Waals surface area contributed by atoms with E-state index in [2.05, 4.69) is 15.9 Å². The van der Waals surface area contributed by atoms with Crippen molar-refractivity contribution in [2.75, 3.05) is 20.3 Å². The number of ether oxygens (including phenoxy) is 1. The first-order valence-electron chi connectivity index (χ1n) is 6.25. The van der Waals surface area contributed by atoms with E-state index in [-0.39, 0.29) is 5.91 Å². The Kier molecular flexibility index (Phi) is 5.38. The molecule has 0 saturated heterocycles. The summed E-state index contributed by atoms with van der Waals surface area (Å²) in [6.07, 6.45) is 3.25. The lowest BCUT2D eigenvalue weighted by molar-refractivity contribution is 0.0680. The molecule has 5 heteroatoms. The van der Waals surface area contributed by atoms with E-state index in [0.717, 1.165) is 10.0 Å². The molecule has 1 heterocycles. The number of hydrogen-bond acceptors (Lipinski definition) is 3. The van der Waals surface area contributed by atoms with Crippen molar-refractivity contribution in [1.82, 2.24) is 4.90 Å². The molecular formula is C15H16BrNO3. The van der Waals surface area contributed by atoms with Gasteiger partial charge in [0, 0.05) is 35.8 Å². The molecule has 0 N–H and O–H groups in total. The highest BCUT2D eigenvalue weighted by Crippen LogP contribution is 2.15. The lowest BCUT2D eigenvalue weighted by Gasteiger charge is -2.22. The van der Waals surface area contributed by atoms with Crippen LogP contribution in [-0.2, 0) is 11.3 Å². The fraction of sp³-hybridized carbons (Fsp3) is 0.267. The maximum Gasteiger partial charge on any atom is 0.254 e. The van der Waals surface area contributed by atoms with Gasteiger partial charge in [-0.3, -0.25) is 4.79 Å². The summed E-state index contributed by atoms with van der Waals surface area (Å²) in [6.45, 7) is 1.54. The molecule has 0 aliphatic heterocycles. The van der Waals surface area contributed by atoms with Crippen LogP contribution >= 0.6 is 15.9 Å². The molecule has 20 heavy (non-hydrogen) atoms. The number of furan rings is 1. The van der Waals surface area contributed by atoms with Crippen LogP contribution in [0.5, 0.6) is 0 Å². The quantitative estimate of drug-likeness (QED) is 0.811. The first kappa shape index (κ1) is 14.8. The van der Waals surface area contributed by atoms with Crippen LogP contribution in [0.2, 0.25) is 0 Å². The van der Waals surface area contributed by atoms with Crippen molar-refractivity contribution in [2.24, 2.45) is 0 Å². The zero-order valence-electron chi connectivity index (χ0n) is 11.2. The van der Waals surface area contributed by atoms with Gasteiger partial charge in [-0.25, -0.2) is 0 Å². The fourth-order valence-electron chi connectivity index (χ4n) is 1.86. The van der Waals surface area contributed by atoms with Gasteiger partial charge in [0.1, 0.15) is 0 Å². The normalized spacial score (nSPS) is 10.5. The number of rotatable bonds is 6. The molecule has 0 saturated carbocycles. The minimum absolute atomic E-state index is 0.0236. The van der Waals surface area contributed by atoms with E-state index in [1.807, 2.05) is 30.3 Å². The molecule has 2 aromatic rings. The zero-order valence-corrected chi connectivity index (χ0v) is 12.8. The number of benzene rings is 1. The lowest BCUT2D eigenvalue weighted by atomic mass is 10.2. The number of carbonyl (C=O) groups is 1. The van der Waals surface area contributed by atoms with Crippen molar-refractivity contribution in [3.8, 4) is 0 Å². The number of halogens is 1. The van der Waals surface area contributed by atoms with Gasteiger partial charge in [-0.05, 0) is 24.3 Å². The summed E-state index contributed by atoms with van der Waals surface area (Å²) in [7, 11) is 1.62. The predicted molar refractivity (Wildman–Crippen MR) is 79.5 cm³/mol. The number of carbonyl (C=O) groups excluding carboxylic acids is 1. The van der Waals surface area contributed by atoms with E-state index in [4.69, 9.17) is 9.15 Å². The zero-order chi connectivity index (χ0) is 14.4. The third-order valence-electron chi connectivity index (χ3n) is 2.88. The van der Waals surface area contributed by atoms with Crippen molar-refractivity contribution in [3.05, 3.63) is 58.5 Å². The Morgan fingerprint density at radius 3 is 2.90 bits per heavy atom. The average molecular weight is 338 g/mol.